The van der Waals surface area contributed by atoms with Crippen LogP contribution in [0.5, 0.6) is 0 Å². The van der Waals surface area contributed by atoms with Gasteiger partial charge in [-0.1, -0.05) is 13.3 Å². The maximum absolute atomic E-state index is 11.8. The predicted octanol–water partition coefficient (Wildman–Crippen LogP) is 1.57. The van der Waals surface area contributed by atoms with Gasteiger partial charge in [-0.15, -0.1) is 0 Å². The molecule has 0 aliphatic carbocycles. The molecule has 0 fully saturated rings. The normalized spacial score (nSPS) is 10.4. The van der Waals surface area contributed by atoms with Crippen LogP contribution in [0.2, 0.25) is 0 Å². The fourth-order valence-corrected chi connectivity index (χ4v) is 1.57. The van der Waals surface area contributed by atoms with Crippen molar-refractivity contribution in [3.8, 4) is 0 Å². The van der Waals surface area contributed by atoms with Crippen LogP contribution in [0.3, 0.4) is 0 Å². The molecule has 0 spiro atoms. The summed E-state index contributed by atoms with van der Waals surface area (Å²) in [7, 11) is 1.85. The molecule has 1 rings (SSSR count). The Morgan fingerprint density at radius 2 is 2.13 bits per heavy atom. The van der Waals surface area contributed by atoms with Crippen molar-refractivity contribution < 1.29 is 4.79 Å². The first kappa shape index (κ1) is 11.8. The van der Waals surface area contributed by atoms with E-state index in [1.807, 2.05) is 20.9 Å². The molecule has 0 saturated carbocycles. The second-order valence-corrected chi connectivity index (χ2v) is 3.78. The van der Waals surface area contributed by atoms with E-state index in [4.69, 9.17) is 0 Å². The van der Waals surface area contributed by atoms with Gasteiger partial charge in [0.25, 0.3) is 5.91 Å². The largest absolute Gasteiger partial charge is 0.352 e. The van der Waals surface area contributed by atoms with Gasteiger partial charge < -0.3 is 5.32 Å². The lowest BCUT2D eigenvalue weighted by atomic mass is 10.2. The van der Waals surface area contributed by atoms with Crippen molar-refractivity contribution in [1.82, 2.24) is 15.1 Å². The van der Waals surface area contributed by atoms with Gasteiger partial charge in [0, 0.05) is 19.3 Å². The molecule has 84 valence electrons. The molecular weight excluding hydrogens is 190 g/mol. The lowest BCUT2D eigenvalue weighted by Crippen LogP contribution is -2.25. The molecule has 0 aliphatic heterocycles. The Balaban J connectivity index is 2.73. The summed E-state index contributed by atoms with van der Waals surface area (Å²) in [5.41, 5.74) is 2.43. The van der Waals surface area contributed by atoms with E-state index < -0.39 is 0 Å². The number of amides is 1. The number of nitrogens with one attached hydrogen (secondary N) is 1. The van der Waals surface area contributed by atoms with E-state index in [9.17, 15) is 4.79 Å². The molecule has 1 amide bonds. The predicted molar refractivity (Wildman–Crippen MR) is 59.9 cm³/mol. The number of hydrogen-bond acceptors (Lipinski definition) is 2. The summed E-state index contributed by atoms with van der Waals surface area (Å²) in [5, 5.41) is 7.12. The fraction of sp³-hybridized carbons (Fsp3) is 0.636. The number of carbonyl (C=O) groups excluding carboxylic acids is 1. The molecule has 1 aromatic heterocycles. The first-order valence-corrected chi connectivity index (χ1v) is 5.36. The average Bonchev–Trinajstić information content (AvgIpc) is 2.41. The quantitative estimate of drug-likeness (QED) is 0.765. The molecule has 0 radical (unpaired) electrons. The second kappa shape index (κ2) is 4.96. The van der Waals surface area contributed by atoms with E-state index in [2.05, 4.69) is 17.3 Å². The number of aromatic nitrogens is 2. The van der Waals surface area contributed by atoms with E-state index in [0.717, 1.165) is 30.8 Å². The maximum atomic E-state index is 11.8. The van der Waals surface area contributed by atoms with Crippen molar-refractivity contribution in [3.05, 3.63) is 17.0 Å². The lowest BCUT2D eigenvalue weighted by Gasteiger charge is -2.04. The summed E-state index contributed by atoms with van der Waals surface area (Å²) in [6, 6.07) is 0. The molecular formula is C11H19N3O. The van der Waals surface area contributed by atoms with Gasteiger partial charge in [-0.2, -0.15) is 5.10 Å². The standard InChI is InChI=1S/C11H19N3O/c1-5-6-7-12-11(15)10-8(2)13-14(4)9(10)3/h5-7H2,1-4H3,(H,12,15). The number of rotatable bonds is 4. The Kier molecular flexibility index (Phi) is 3.88. The minimum Gasteiger partial charge on any atom is -0.352 e. The van der Waals surface area contributed by atoms with Crippen LogP contribution in [0, 0.1) is 13.8 Å². The monoisotopic (exact) mass is 209 g/mol. The summed E-state index contributed by atoms with van der Waals surface area (Å²) in [5.74, 6) is -0.00782. The van der Waals surface area contributed by atoms with Crippen LogP contribution in [0.4, 0.5) is 0 Å². The highest BCUT2D eigenvalue weighted by Gasteiger charge is 2.16. The smallest absolute Gasteiger partial charge is 0.255 e. The zero-order valence-corrected chi connectivity index (χ0v) is 9.92. The maximum Gasteiger partial charge on any atom is 0.255 e. The Labute approximate surface area is 90.7 Å². The van der Waals surface area contributed by atoms with Crippen LogP contribution in [-0.4, -0.2) is 22.2 Å². The van der Waals surface area contributed by atoms with Gasteiger partial charge in [0.2, 0.25) is 0 Å². The minimum absolute atomic E-state index is 0.00782. The third-order valence-electron chi connectivity index (χ3n) is 2.55. The second-order valence-electron chi connectivity index (χ2n) is 3.78. The molecule has 0 aliphatic rings. The summed E-state index contributed by atoms with van der Waals surface area (Å²) in [6.45, 7) is 6.62. The van der Waals surface area contributed by atoms with Gasteiger partial charge in [-0.3, -0.25) is 9.48 Å². The SMILES string of the molecule is CCCCNC(=O)c1c(C)nn(C)c1C. The van der Waals surface area contributed by atoms with Crippen molar-refractivity contribution in [2.45, 2.75) is 33.6 Å². The van der Waals surface area contributed by atoms with Crippen molar-refractivity contribution in [2.75, 3.05) is 6.54 Å². The van der Waals surface area contributed by atoms with E-state index in [0.29, 0.717) is 5.56 Å². The van der Waals surface area contributed by atoms with Crippen molar-refractivity contribution in [2.24, 2.45) is 7.05 Å². The molecule has 4 heteroatoms. The molecule has 0 atom stereocenters. The Hall–Kier alpha value is -1.32. The zero-order valence-electron chi connectivity index (χ0n) is 9.92. The Bertz CT molecular complexity index is 355. The van der Waals surface area contributed by atoms with Crippen molar-refractivity contribution in [1.29, 1.82) is 0 Å². The van der Waals surface area contributed by atoms with Crippen molar-refractivity contribution >= 4 is 5.91 Å². The van der Waals surface area contributed by atoms with Gasteiger partial charge in [-0.05, 0) is 20.3 Å². The highest BCUT2D eigenvalue weighted by Crippen LogP contribution is 2.11. The molecule has 0 unspecified atom stereocenters. The number of hydrogen-bond donors (Lipinski definition) is 1. The van der Waals surface area contributed by atoms with E-state index in [1.165, 1.54) is 0 Å². The third kappa shape index (κ3) is 2.58. The number of unbranched alkanes of at least 4 members (excludes halogenated alkanes) is 1. The zero-order chi connectivity index (χ0) is 11.4. The molecule has 0 saturated heterocycles. The van der Waals surface area contributed by atoms with Crippen LogP contribution in [0.25, 0.3) is 0 Å². The van der Waals surface area contributed by atoms with E-state index >= 15 is 0 Å². The van der Waals surface area contributed by atoms with Gasteiger partial charge in [0.05, 0.1) is 11.3 Å². The molecule has 15 heavy (non-hydrogen) atoms. The van der Waals surface area contributed by atoms with E-state index in [-0.39, 0.29) is 5.91 Å². The fourth-order valence-electron chi connectivity index (χ4n) is 1.57. The van der Waals surface area contributed by atoms with Crippen molar-refractivity contribution in [3.63, 3.8) is 0 Å². The highest BCUT2D eigenvalue weighted by molar-refractivity contribution is 5.96. The van der Waals surface area contributed by atoms with Crippen LogP contribution in [0.1, 0.15) is 41.5 Å². The number of carbonyl (C=O) groups is 1. The molecule has 0 bridgehead atoms. The van der Waals surface area contributed by atoms with Gasteiger partial charge in [0.1, 0.15) is 0 Å². The van der Waals surface area contributed by atoms with E-state index in [1.54, 1.807) is 4.68 Å². The molecule has 4 nitrogen and oxygen atoms in total. The topological polar surface area (TPSA) is 46.9 Å². The molecule has 1 heterocycles. The first-order chi connectivity index (χ1) is 7.07. The molecule has 0 aromatic carbocycles. The summed E-state index contributed by atoms with van der Waals surface area (Å²) < 4.78 is 1.74. The first-order valence-electron chi connectivity index (χ1n) is 5.36. The highest BCUT2D eigenvalue weighted by atomic mass is 16.1. The lowest BCUT2D eigenvalue weighted by molar-refractivity contribution is 0.0952. The van der Waals surface area contributed by atoms with Crippen LogP contribution >= 0.6 is 0 Å². The minimum atomic E-state index is -0.00782. The van der Waals surface area contributed by atoms with Gasteiger partial charge in [0.15, 0.2) is 0 Å². The van der Waals surface area contributed by atoms with Crippen LogP contribution < -0.4 is 5.32 Å². The third-order valence-corrected chi connectivity index (χ3v) is 2.55. The number of aryl methyl sites for hydroxylation is 2. The van der Waals surface area contributed by atoms with Crippen LogP contribution in [-0.2, 0) is 7.05 Å². The summed E-state index contributed by atoms with van der Waals surface area (Å²) in [6.07, 6.45) is 2.11. The van der Waals surface area contributed by atoms with Gasteiger partial charge >= 0.3 is 0 Å². The summed E-state index contributed by atoms with van der Waals surface area (Å²) in [4.78, 5) is 11.8. The Morgan fingerprint density at radius 3 is 2.60 bits per heavy atom. The van der Waals surface area contributed by atoms with Gasteiger partial charge in [-0.25, -0.2) is 0 Å². The average molecular weight is 209 g/mol. The number of nitrogens with zero attached hydrogens (tertiary/aromatic N) is 2. The summed E-state index contributed by atoms with van der Waals surface area (Å²) >= 11 is 0. The Morgan fingerprint density at radius 1 is 1.47 bits per heavy atom. The molecule has 1 N–H and O–H groups in total. The molecule has 1 aromatic rings. The van der Waals surface area contributed by atoms with Crippen LogP contribution in [0.15, 0.2) is 0 Å².